The number of amides is 1. The Kier molecular flexibility index (Phi) is 5.60. The molecule has 19 heavy (non-hydrogen) atoms. The largest absolute Gasteiger partial charge is 0.378 e. The first-order valence-electron chi connectivity index (χ1n) is 7.57. The smallest absolute Gasteiger partial charge is 0.239 e. The summed E-state index contributed by atoms with van der Waals surface area (Å²) in [6.07, 6.45) is 2.29. The molecule has 2 rings (SSSR count). The van der Waals surface area contributed by atoms with Gasteiger partial charge >= 0.3 is 0 Å². The third-order valence-corrected chi connectivity index (χ3v) is 4.32. The van der Waals surface area contributed by atoms with Gasteiger partial charge < -0.3 is 15.0 Å². The van der Waals surface area contributed by atoms with Crippen molar-refractivity contribution in [3.8, 4) is 0 Å². The van der Waals surface area contributed by atoms with E-state index in [4.69, 9.17) is 4.74 Å². The molecule has 1 N–H and O–H groups in total. The van der Waals surface area contributed by atoms with Crippen LogP contribution >= 0.6 is 0 Å². The predicted molar refractivity (Wildman–Crippen MR) is 75.1 cm³/mol. The first-order valence-corrected chi connectivity index (χ1v) is 7.57. The standard InChI is InChI=1S/C14H27N3O2/c1-3-17(13-4-6-15-7-5-13)12(2)14(18)16-8-10-19-11-9-16/h12-13,15H,3-11H2,1-2H3. The Bertz CT molecular complexity index is 286. The Morgan fingerprint density at radius 1 is 1.37 bits per heavy atom. The number of morpholine rings is 1. The number of nitrogens with one attached hydrogen (secondary N) is 1. The summed E-state index contributed by atoms with van der Waals surface area (Å²) in [5, 5.41) is 3.39. The average Bonchev–Trinajstić information content (AvgIpc) is 2.49. The van der Waals surface area contributed by atoms with E-state index >= 15 is 0 Å². The SMILES string of the molecule is CCN(C1CCNCC1)C(C)C(=O)N1CCOCC1. The summed E-state index contributed by atoms with van der Waals surface area (Å²) < 4.78 is 5.32. The molecule has 5 nitrogen and oxygen atoms in total. The summed E-state index contributed by atoms with van der Waals surface area (Å²) in [6, 6.07) is 0.539. The minimum Gasteiger partial charge on any atom is -0.378 e. The third kappa shape index (κ3) is 3.68. The van der Waals surface area contributed by atoms with E-state index < -0.39 is 0 Å². The highest BCUT2D eigenvalue weighted by molar-refractivity contribution is 5.81. The van der Waals surface area contributed by atoms with E-state index in [9.17, 15) is 4.79 Å². The van der Waals surface area contributed by atoms with Gasteiger partial charge in [-0.2, -0.15) is 0 Å². The zero-order chi connectivity index (χ0) is 13.7. The van der Waals surface area contributed by atoms with Gasteiger partial charge in [0, 0.05) is 19.1 Å². The molecule has 0 bridgehead atoms. The summed E-state index contributed by atoms with van der Waals surface area (Å²) in [4.78, 5) is 16.9. The molecule has 1 atom stereocenters. The van der Waals surface area contributed by atoms with Crippen molar-refractivity contribution >= 4 is 5.91 Å². The van der Waals surface area contributed by atoms with Crippen LogP contribution < -0.4 is 5.32 Å². The minimum absolute atomic E-state index is 0.00815. The van der Waals surface area contributed by atoms with Crippen molar-refractivity contribution in [1.29, 1.82) is 0 Å². The Balaban J connectivity index is 1.94. The van der Waals surface area contributed by atoms with Crippen LogP contribution in [0.3, 0.4) is 0 Å². The number of rotatable bonds is 4. The number of carbonyl (C=O) groups is 1. The number of piperidine rings is 1. The van der Waals surface area contributed by atoms with Crippen LogP contribution in [0, 0.1) is 0 Å². The van der Waals surface area contributed by atoms with Crippen molar-refractivity contribution in [2.24, 2.45) is 0 Å². The van der Waals surface area contributed by atoms with Gasteiger partial charge in [-0.25, -0.2) is 0 Å². The topological polar surface area (TPSA) is 44.8 Å². The van der Waals surface area contributed by atoms with Crippen LogP contribution in [0.1, 0.15) is 26.7 Å². The Morgan fingerprint density at radius 2 is 2.00 bits per heavy atom. The fourth-order valence-corrected chi connectivity index (χ4v) is 3.18. The molecule has 0 aliphatic carbocycles. The van der Waals surface area contributed by atoms with Gasteiger partial charge in [-0.15, -0.1) is 0 Å². The molecule has 2 aliphatic heterocycles. The molecule has 2 saturated heterocycles. The van der Waals surface area contributed by atoms with Crippen LogP contribution in [0.25, 0.3) is 0 Å². The van der Waals surface area contributed by atoms with E-state index in [0.29, 0.717) is 19.3 Å². The highest BCUT2D eigenvalue weighted by Gasteiger charge is 2.31. The number of ether oxygens (including phenoxy) is 1. The molecule has 1 amide bonds. The quantitative estimate of drug-likeness (QED) is 0.798. The van der Waals surface area contributed by atoms with Crippen LogP contribution in [0.2, 0.25) is 0 Å². The highest BCUT2D eigenvalue weighted by Crippen LogP contribution is 2.16. The second kappa shape index (κ2) is 7.22. The summed E-state index contributed by atoms with van der Waals surface area (Å²) in [5.74, 6) is 0.267. The lowest BCUT2D eigenvalue weighted by atomic mass is 10.0. The molecule has 0 saturated carbocycles. The van der Waals surface area contributed by atoms with Crippen LogP contribution in [0.15, 0.2) is 0 Å². The maximum absolute atomic E-state index is 12.6. The summed E-state index contributed by atoms with van der Waals surface area (Å²) in [6.45, 7) is 10.1. The van der Waals surface area contributed by atoms with Gasteiger partial charge in [0.05, 0.1) is 19.3 Å². The van der Waals surface area contributed by atoms with E-state index in [1.54, 1.807) is 0 Å². The molecular weight excluding hydrogens is 242 g/mol. The first-order chi connectivity index (χ1) is 9.24. The van der Waals surface area contributed by atoms with Gasteiger partial charge in [-0.3, -0.25) is 9.69 Å². The van der Waals surface area contributed by atoms with Crippen LogP contribution in [-0.4, -0.2) is 73.7 Å². The molecular formula is C14H27N3O2. The van der Waals surface area contributed by atoms with Crippen molar-refractivity contribution in [2.45, 2.75) is 38.8 Å². The number of carbonyl (C=O) groups excluding carboxylic acids is 1. The maximum atomic E-state index is 12.6. The van der Waals surface area contributed by atoms with Crippen molar-refractivity contribution in [2.75, 3.05) is 45.9 Å². The average molecular weight is 269 g/mol. The second-order valence-electron chi connectivity index (χ2n) is 5.43. The molecule has 2 fully saturated rings. The molecule has 110 valence electrons. The monoisotopic (exact) mass is 269 g/mol. The first kappa shape index (κ1) is 14.8. The van der Waals surface area contributed by atoms with Crippen LogP contribution in [-0.2, 0) is 9.53 Å². The normalized spacial score (nSPS) is 23.6. The van der Waals surface area contributed by atoms with E-state index in [0.717, 1.165) is 45.6 Å². The second-order valence-corrected chi connectivity index (χ2v) is 5.43. The lowest BCUT2D eigenvalue weighted by Gasteiger charge is -2.39. The van der Waals surface area contributed by atoms with Crippen molar-refractivity contribution in [1.82, 2.24) is 15.1 Å². The molecule has 0 aromatic rings. The fraction of sp³-hybridized carbons (Fsp3) is 0.929. The van der Waals surface area contributed by atoms with Crippen molar-refractivity contribution in [3.05, 3.63) is 0 Å². The molecule has 2 heterocycles. The highest BCUT2D eigenvalue weighted by atomic mass is 16.5. The van der Waals surface area contributed by atoms with Gasteiger partial charge in [-0.05, 0) is 39.4 Å². The zero-order valence-corrected chi connectivity index (χ0v) is 12.2. The molecule has 0 aromatic carbocycles. The van der Waals surface area contributed by atoms with Crippen molar-refractivity contribution < 1.29 is 9.53 Å². The number of likely N-dealkylation sites (N-methyl/N-ethyl adjacent to an activating group) is 1. The van der Waals surface area contributed by atoms with Gasteiger partial charge in [0.25, 0.3) is 0 Å². The van der Waals surface area contributed by atoms with Gasteiger partial charge in [0.15, 0.2) is 0 Å². The number of hydrogen-bond acceptors (Lipinski definition) is 4. The Labute approximate surface area is 116 Å². The molecule has 0 aromatic heterocycles. The van der Waals surface area contributed by atoms with Crippen LogP contribution in [0.5, 0.6) is 0 Å². The summed E-state index contributed by atoms with van der Waals surface area (Å²) >= 11 is 0. The number of hydrogen-bond donors (Lipinski definition) is 1. The van der Waals surface area contributed by atoms with E-state index in [1.165, 1.54) is 0 Å². The van der Waals surface area contributed by atoms with E-state index in [2.05, 4.69) is 24.1 Å². The maximum Gasteiger partial charge on any atom is 0.239 e. The zero-order valence-electron chi connectivity index (χ0n) is 12.2. The summed E-state index contributed by atoms with van der Waals surface area (Å²) in [7, 11) is 0. The van der Waals surface area contributed by atoms with Gasteiger partial charge in [-0.1, -0.05) is 6.92 Å². The molecule has 5 heteroatoms. The van der Waals surface area contributed by atoms with Crippen LogP contribution in [0.4, 0.5) is 0 Å². The lowest BCUT2D eigenvalue weighted by Crippen LogP contribution is -2.54. The fourth-order valence-electron chi connectivity index (χ4n) is 3.18. The van der Waals surface area contributed by atoms with Gasteiger partial charge in [0.1, 0.15) is 0 Å². The molecule has 1 unspecified atom stereocenters. The third-order valence-electron chi connectivity index (χ3n) is 4.32. The predicted octanol–water partition coefficient (Wildman–Crippen LogP) is 0.308. The number of nitrogens with zero attached hydrogens (tertiary/aromatic N) is 2. The molecule has 2 aliphatic rings. The Hall–Kier alpha value is -0.650. The lowest BCUT2D eigenvalue weighted by molar-refractivity contribution is -0.141. The van der Waals surface area contributed by atoms with E-state index in [1.807, 2.05) is 4.90 Å². The van der Waals surface area contributed by atoms with Crippen molar-refractivity contribution in [3.63, 3.8) is 0 Å². The Morgan fingerprint density at radius 3 is 2.58 bits per heavy atom. The molecule has 0 spiro atoms. The van der Waals surface area contributed by atoms with E-state index in [-0.39, 0.29) is 11.9 Å². The van der Waals surface area contributed by atoms with Gasteiger partial charge in [0.2, 0.25) is 5.91 Å². The summed E-state index contributed by atoms with van der Waals surface area (Å²) in [5.41, 5.74) is 0. The molecule has 0 radical (unpaired) electrons. The minimum atomic E-state index is -0.00815.